The minimum atomic E-state index is -0.986. The summed E-state index contributed by atoms with van der Waals surface area (Å²) >= 11 is 0. The van der Waals surface area contributed by atoms with Crippen LogP contribution >= 0.6 is 0 Å². The summed E-state index contributed by atoms with van der Waals surface area (Å²) in [4.78, 5) is 15.0. The van der Waals surface area contributed by atoms with Crippen molar-refractivity contribution in [2.75, 3.05) is 0 Å². The van der Waals surface area contributed by atoms with Crippen molar-refractivity contribution in [2.45, 2.75) is 13.0 Å². The van der Waals surface area contributed by atoms with E-state index in [0.717, 1.165) is 11.3 Å². The zero-order chi connectivity index (χ0) is 14.4. The van der Waals surface area contributed by atoms with Crippen molar-refractivity contribution in [1.29, 1.82) is 0 Å². The van der Waals surface area contributed by atoms with Crippen molar-refractivity contribution in [3.63, 3.8) is 0 Å². The molecule has 1 atom stereocenters. The van der Waals surface area contributed by atoms with Gasteiger partial charge in [0.1, 0.15) is 5.75 Å². The van der Waals surface area contributed by atoms with Crippen LogP contribution in [0.15, 0.2) is 59.6 Å². The van der Waals surface area contributed by atoms with Crippen molar-refractivity contribution in [2.24, 2.45) is 4.99 Å². The van der Waals surface area contributed by atoms with Crippen molar-refractivity contribution < 1.29 is 14.6 Å². The molecule has 0 aliphatic rings. The van der Waals surface area contributed by atoms with Crippen LogP contribution in [-0.4, -0.2) is 23.4 Å². The average Bonchev–Trinajstić information content (AvgIpc) is 2.47. The first-order chi connectivity index (χ1) is 9.65. The molecule has 0 bridgehead atoms. The Morgan fingerprint density at radius 3 is 2.40 bits per heavy atom. The van der Waals surface area contributed by atoms with Gasteiger partial charge in [-0.3, -0.25) is 4.99 Å². The van der Waals surface area contributed by atoms with E-state index in [1.54, 1.807) is 18.3 Å². The highest BCUT2D eigenvalue weighted by Crippen LogP contribution is 2.14. The topological polar surface area (TPSA) is 58.9 Å². The molecule has 0 aromatic heterocycles. The second kappa shape index (κ2) is 6.52. The van der Waals surface area contributed by atoms with Gasteiger partial charge in [0.25, 0.3) is 0 Å². The monoisotopic (exact) mass is 269 g/mol. The maximum absolute atomic E-state index is 10.7. The zero-order valence-electron chi connectivity index (χ0n) is 11.1. The van der Waals surface area contributed by atoms with Crippen LogP contribution in [-0.2, 0) is 4.79 Å². The van der Waals surface area contributed by atoms with Crippen LogP contribution in [0.4, 0.5) is 5.69 Å². The third-order valence-electron chi connectivity index (χ3n) is 2.66. The fourth-order valence-electron chi connectivity index (χ4n) is 1.55. The van der Waals surface area contributed by atoms with Gasteiger partial charge >= 0.3 is 5.97 Å². The number of benzene rings is 2. The first-order valence-electron chi connectivity index (χ1n) is 6.24. The molecule has 0 heterocycles. The number of nitrogens with zero attached hydrogens (tertiary/aromatic N) is 1. The van der Waals surface area contributed by atoms with E-state index >= 15 is 0 Å². The summed E-state index contributed by atoms with van der Waals surface area (Å²) in [5.74, 6) is -0.462. The molecule has 0 saturated carbocycles. The van der Waals surface area contributed by atoms with Crippen LogP contribution in [0.1, 0.15) is 12.5 Å². The van der Waals surface area contributed by atoms with Gasteiger partial charge < -0.3 is 9.84 Å². The molecule has 1 N–H and O–H groups in total. The summed E-state index contributed by atoms with van der Waals surface area (Å²) in [5, 5.41) is 8.76. The maximum Gasteiger partial charge on any atom is 0.344 e. The van der Waals surface area contributed by atoms with Crippen molar-refractivity contribution in [3.8, 4) is 5.75 Å². The molecule has 20 heavy (non-hydrogen) atoms. The Kier molecular flexibility index (Phi) is 4.50. The van der Waals surface area contributed by atoms with Gasteiger partial charge in [0.15, 0.2) is 6.10 Å². The zero-order valence-corrected chi connectivity index (χ0v) is 11.1. The van der Waals surface area contributed by atoms with E-state index in [4.69, 9.17) is 9.84 Å². The van der Waals surface area contributed by atoms with E-state index in [-0.39, 0.29) is 0 Å². The lowest BCUT2D eigenvalue weighted by molar-refractivity contribution is -0.144. The number of aliphatic carboxylic acids is 1. The molecule has 0 radical (unpaired) electrons. The molecule has 4 nitrogen and oxygen atoms in total. The number of ether oxygens (including phenoxy) is 1. The van der Waals surface area contributed by atoms with Crippen LogP contribution in [0, 0.1) is 0 Å². The Balaban J connectivity index is 2.02. The lowest BCUT2D eigenvalue weighted by Gasteiger charge is -2.09. The molecule has 0 saturated heterocycles. The number of hydrogen-bond acceptors (Lipinski definition) is 3. The van der Waals surface area contributed by atoms with Crippen LogP contribution < -0.4 is 4.74 Å². The molecule has 0 aliphatic heterocycles. The largest absolute Gasteiger partial charge is 0.479 e. The number of rotatable bonds is 5. The normalized spacial score (nSPS) is 12.2. The summed E-state index contributed by atoms with van der Waals surface area (Å²) in [6.07, 6.45) is 0.888. The highest BCUT2D eigenvalue weighted by atomic mass is 16.5. The summed E-state index contributed by atoms with van der Waals surface area (Å²) in [5.41, 5.74) is 1.80. The van der Waals surface area contributed by atoms with E-state index in [0.29, 0.717) is 5.75 Å². The van der Waals surface area contributed by atoms with Gasteiger partial charge in [-0.2, -0.15) is 0 Å². The lowest BCUT2D eigenvalue weighted by Crippen LogP contribution is -2.22. The summed E-state index contributed by atoms with van der Waals surface area (Å²) in [6, 6.07) is 16.7. The third-order valence-corrected chi connectivity index (χ3v) is 2.66. The number of carboxylic acids is 1. The van der Waals surface area contributed by atoms with E-state index in [1.165, 1.54) is 6.92 Å². The SMILES string of the molecule is C[C@@H](Oc1ccc(C=Nc2ccccc2)cc1)C(=O)O. The highest BCUT2D eigenvalue weighted by Gasteiger charge is 2.11. The second-order valence-corrected chi connectivity index (χ2v) is 4.26. The van der Waals surface area contributed by atoms with Crippen LogP contribution in [0.2, 0.25) is 0 Å². The Labute approximate surface area is 117 Å². The predicted octanol–water partition coefficient (Wildman–Crippen LogP) is 3.29. The molecule has 2 aromatic carbocycles. The molecule has 102 valence electrons. The van der Waals surface area contributed by atoms with Gasteiger partial charge in [-0.25, -0.2) is 4.79 Å². The molecular formula is C16H15NO3. The van der Waals surface area contributed by atoms with Crippen LogP contribution in [0.5, 0.6) is 5.75 Å². The summed E-state index contributed by atoms with van der Waals surface area (Å²) in [7, 11) is 0. The Hall–Kier alpha value is -2.62. The number of hydrogen-bond donors (Lipinski definition) is 1. The fraction of sp³-hybridized carbons (Fsp3) is 0.125. The number of carboxylic acid groups (broad SMARTS) is 1. The van der Waals surface area contributed by atoms with Crippen molar-refractivity contribution >= 4 is 17.9 Å². The molecule has 4 heteroatoms. The number of carbonyl (C=O) groups is 1. The first-order valence-corrected chi connectivity index (χ1v) is 6.24. The van der Waals surface area contributed by atoms with Crippen molar-refractivity contribution in [1.82, 2.24) is 0 Å². The van der Waals surface area contributed by atoms with Gasteiger partial charge in [0.05, 0.1) is 5.69 Å². The van der Waals surface area contributed by atoms with Crippen LogP contribution in [0.25, 0.3) is 0 Å². The predicted molar refractivity (Wildman–Crippen MR) is 77.9 cm³/mol. The van der Waals surface area contributed by atoms with Crippen LogP contribution in [0.3, 0.4) is 0 Å². The van der Waals surface area contributed by atoms with Crippen molar-refractivity contribution in [3.05, 3.63) is 60.2 Å². The van der Waals surface area contributed by atoms with E-state index in [2.05, 4.69) is 4.99 Å². The average molecular weight is 269 g/mol. The van der Waals surface area contributed by atoms with Gasteiger partial charge in [0, 0.05) is 6.21 Å². The maximum atomic E-state index is 10.7. The third kappa shape index (κ3) is 3.95. The fourth-order valence-corrected chi connectivity index (χ4v) is 1.55. The second-order valence-electron chi connectivity index (χ2n) is 4.26. The number of aliphatic imine (C=N–C) groups is 1. The Morgan fingerprint density at radius 2 is 1.80 bits per heavy atom. The first kappa shape index (κ1) is 13.8. The standard InChI is InChI=1S/C16H15NO3/c1-12(16(18)19)20-15-9-7-13(8-10-15)11-17-14-5-3-2-4-6-14/h2-12H,1H3,(H,18,19)/t12-/m1/s1. The summed E-state index contributed by atoms with van der Waals surface area (Å²) < 4.78 is 5.25. The minimum Gasteiger partial charge on any atom is -0.479 e. The minimum absolute atomic E-state index is 0.525. The molecule has 0 amide bonds. The Morgan fingerprint density at radius 1 is 1.15 bits per heavy atom. The highest BCUT2D eigenvalue weighted by molar-refractivity contribution is 5.82. The molecule has 2 rings (SSSR count). The molecule has 2 aromatic rings. The van der Waals surface area contributed by atoms with Gasteiger partial charge in [-0.05, 0) is 48.9 Å². The molecule has 0 unspecified atom stereocenters. The number of para-hydroxylation sites is 1. The molecule has 0 spiro atoms. The Bertz CT molecular complexity index is 591. The molecule has 0 fully saturated rings. The van der Waals surface area contributed by atoms with E-state index < -0.39 is 12.1 Å². The van der Waals surface area contributed by atoms with Gasteiger partial charge in [-0.15, -0.1) is 0 Å². The van der Waals surface area contributed by atoms with E-state index in [1.807, 2.05) is 42.5 Å². The quantitative estimate of drug-likeness (QED) is 0.847. The molecule has 0 aliphatic carbocycles. The van der Waals surface area contributed by atoms with Gasteiger partial charge in [0.2, 0.25) is 0 Å². The van der Waals surface area contributed by atoms with E-state index in [9.17, 15) is 4.79 Å². The van der Waals surface area contributed by atoms with Gasteiger partial charge in [-0.1, -0.05) is 18.2 Å². The smallest absolute Gasteiger partial charge is 0.344 e. The molecular weight excluding hydrogens is 254 g/mol. The summed E-state index contributed by atoms with van der Waals surface area (Å²) in [6.45, 7) is 1.49. The lowest BCUT2D eigenvalue weighted by atomic mass is 10.2.